The molecule has 0 atom stereocenters. The average Bonchev–Trinajstić information content (AvgIpc) is 2.50. The van der Waals surface area contributed by atoms with Gasteiger partial charge in [-0.1, -0.05) is 0 Å². The molecule has 2 aliphatic rings. The second-order valence-electron chi connectivity index (χ2n) is 2.69. The van der Waals surface area contributed by atoms with Gasteiger partial charge in [0, 0.05) is 5.75 Å². The summed E-state index contributed by atoms with van der Waals surface area (Å²) in [5.41, 5.74) is 7.33. The van der Waals surface area contributed by atoms with Gasteiger partial charge in [0.2, 0.25) is 5.95 Å². The Balaban J connectivity index is 2.37. The van der Waals surface area contributed by atoms with Crippen molar-refractivity contribution >= 4 is 29.2 Å². The molecule has 0 bridgehead atoms. The van der Waals surface area contributed by atoms with E-state index >= 15 is 0 Å². The van der Waals surface area contributed by atoms with Crippen molar-refractivity contribution in [3.63, 3.8) is 0 Å². The second kappa shape index (κ2) is 2.29. The van der Waals surface area contributed by atoms with Crippen LogP contribution in [0.1, 0.15) is 5.56 Å². The molecule has 0 saturated carbocycles. The standard InChI is InChI=1S/C7H5N5S/c8-7-9-5-4-3(11-12-5)1-2-13-6(4)10-7/h1H,2H2,(H2,8,9,10). The minimum atomic E-state index is 0.267. The SMILES string of the molecule is Nc1nc2c3c(n1)SCC=C3N=N2. The van der Waals surface area contributed by atoms with Crippen LogP contribution in [-0.4, -0.2) is 15.7 Å². The maximum Gasteiger partial charge on any atom is 0.223 e. The minimum absolute atomic E-state index is 0.267. The van der Waals surface area contributed by atoms with Crippen LogP contribution in [0.25, 0.3) is 5.70 Å². The molecule has 0 saturated heterocycles. The largest absolute Gasteiger partial charge is 0.368 e. The number of nitrogen functional groups attached to an aromatic ring is 1. The third-order valence-electron chi connectivity index (χ3n) is 1.88. The minimum Gasteiger partial charge on any atom is -0.368 e. The van der Waals surface area contributed by atoms with Crippen LogP contribution in [0.4, 0.5) is 11.8 Å². The Morgan fingerprint density at radius 1 is 1.31 bits per heavy atom. The number of thioether (sulfide) groups is 1. The van der Waals surface area contributed by atoms with E-state index in [2.05, 4.69) is 20.2 Å². The van der Waals surface area contributed by atoms with E-state index in [9.17, 15) is 0 Å². The number of aromatic nitrogens is 2. The summed E-state index contributed by atoms with van der Waals surface area (Å²) < 4.78 is 0. The lowest BCUT2D eigenvalue weighted by Crippen LogP contribution is -2.01. The molecule has 1 aromatic heterocycles. The molecular formula is C7H5N5S. The molecule has 6 heteroatoms. The van der Waals surface area contributed by atoms with Gasteiger partial charge >= 0.3 is 0 Å². The van der Waals surface area contributed by atoms with Gasteiger partial charge in [-0.25, -0.2) is 4.98 Å². The number of hydrogen-bond donors (Lipinski definition) is 1. The van der Waals surface area contributed by atoms with Crippen LogP contribution in [0.3, 0.4) is 0 Å². The van der Waals surface area contributed by atoms with Gasteiger partial charge < -0.3 is 5.73 Å². The summed E-state index contributed by atoms with van der Waals surface area (Å²) in [6.07, 6.45) is 2.02. The summed E-state index contributed by atoms with van der Waals surface area (Å²) in [5, 5.41) is 8.81. The van der Waals surface area contributed by atoms with Crippen LogP contribution in [-0.2, 0) is 0 Å². The van der Waals surface area contributed by atoms with Crippen molar-refractivity contribution in [3.8, 4) is 0 Å². The predicted octanol–water partition coefficient (Wildman–Crippen LogP) is 1.60. The van der Waals surface area contributed by atoms with E-state index in [0.29, 0.717) is 5.82 Å². The lowest BCUT2D eigenvalue weighted by atomic mass is 10.2. The van der Waals surface area contributed by atoms with E-state index in [1.54, 1.807) is 11.8 Å². The fourth-order valence-electron chi connectivity index (χ4n) is 1.34. The predicted molar refractivity (Wildman–Crippen MR) is 49.7 cm³/mol. The lowest BCUT2D eigenvalue weighted by molar-refractivity contribution is 1.05. The number of nitrogens with zero attached hydrogens (tertiary/aromatic N) is 4. The molecule has 0 aromatic carbocycles. The van der Waals surface area contributed by atoms with Gasteiger partial charge in [-0.2, -0.15) is 4.98 Å². The van der Waals surface area contributed by atoms with Gasteiger partial charge in [0.15, 0.2) is 5.82 Å². The van der Waals surface area contributed by atoms with Gasteiger partial charge in [0.25, 0.3) is 0 Å². The molecule has 1 aromatic rings. The normalized spacial score (nSPS) is 17.1. The number of hydrogen-bond acceptors (Lipinski definition) is 6. The summed E-state index contributed by atoms with van der Waals surface area (Å²) in [6.45, 7) is 0. The first-order chi connectivity index (χ1) is 6.34. The molecule has 0 amide bonds. The number of azo groups is 1. The molecule has 0 unspecified atom stereocenters. The zero-order valence-electron chi connectivity index (χ0n) is 6.56. The molecular weight excluding hydrogens is 186 g/mol. The topological polar surface area (TPSA) is 76.5 Å². The molecule has 2 aliphatic heterocycles. The smallest absolute Gasteiger partial charge is 0.223 e. The summed E-state index contributed by atoms with van der Waals surface area (Å²) in [6, 6.07) is 0. The van der Waals surface area contributed by atoms with Crippen molar-refractivity contribution in [3.05, 3.63) is 11.6 Å². The molecule has 0 spiro atoms. The first-order valence-electron chi connectivity index (χ1n) is 3.77. The molecule has 64 valence electrons. The lowest BCUT2D eigenvalue weighted by Gasteiger charge is -2.09. The highest BCUT2D eigenvalue weighted by Crippen LogP contribution is 2.42. The zero-order valence-corrected chi connectivity index (χ0v) is 7.38. The van der Waals surface area contributed by atoms with E-state index < -0.39 is 0 Å². The first-order valence-corrected chi connectivity index (χ1v) is 4.76. The van der Waals surface area contributed by atoms with Gasteiger partial charge in [-0.3, -0.25) is 0 Å². The highest BCUT2D eigenvalue weighted by molar-refractivity contribution is 7.99. The number of anilines is 1. The summed E-state index contributed by atoms with van der Waals surface area (Å²) in [7, 11) is 0. The summed E-state index contributed by atoms with van der Waals surface area (Å²) >= 11 is 1.63. The van der Waals surface area contributed by atoms with Gasteiger partial charge in [-0.15, -0.1) is 22.0 Å². The zero-order chi connectivity index (χ0) is 8.84. The fraction of sp³-hybridized carbons (Fsp3) is 0.143. The quantitative estimate of drug-likeness (QED) is 0.632. The number of nitrogens with two attached hydrogens (primary N) is 1. The monoisotopic (exact) mass is 191 g/mol. The molecule has 3 heterocycles. The molecule has 0 aliphatic carbocycles. The molecule has 3 rings (SSSR count). The maximum atomic E-state index is 5.52. The van der Waals surface area contributed by atoms with Crippen molar-refractivity contribution in [1.82, 2.24) is 9.97 Å². The van der Waals surface area contributed by atoms with Gasteiger partial charge in [-0.05, 0) is 6.08 Å². The van der Waals surface area contributed by atoms with E-state index in [4.69, 9.17) is 5.73 Å². The first kappa shape index (κ1) is 7.02. The Morgan fingerprint density at radius 2 is 2.23 bits per heavy atom. The van der Waals surface area contributed by atoms with Gasteiger partial charge in [0.1, 0.15) is 5.03 Å². The van der Waals surface area contributed by atoms with Crippen LogP contribution in [0.5, 0.6) is 0 Å². The molecule has 5 nitrogen and oxygen atoms in total. The van der Waals surface area contributed by atoms with E-state index in [0.717, 1.165) is 22.0 Å². The van der Waals surface area contributed by atoms with Crippen molar-refractivity contribution in [1.29, 1.82) is 0 Å². The van der Waals surface area contributed by atoms with Crippen molar-refractivity contribution in [2.45, 2.75) is 5.03 Å². The van der Waals surface area contributed by atoms with Crippen LogP contribution in [0.15, 0.2) is 21.3 Å². The average molecular weight is 191 g/mol. The van der Waals surface area contributed by atoms with Gasteiger partial charge in [0.05, 0.1) is 11.3 Å². The van der Waals surface area contributed by atoms with Crippen molar-refractivity contribution in [2.24, 2.45) is 10.2 Å². The Morgan fingerprint density at radius 3 is 3.15 bits per heavy atom. The van der Waals surface area contributed by atoms with Crippen LogP contribution < -0.4 is 5.73 Å². The highest BCUT2D eigenvalue weighted by atomic mass is 32.2. The fourth-order valence-corrected chi connectivity index (χ4v) is 2.24. The van der Waals surface area contributed by atoms with Crippen LogP contribution in [0, 0.1) is 0 Å². The third kappa shape index (κ3) is 0.888. The van der Waals surface area contributed by atoms with Crippen molar-refractivity contribution < 1.29 is 0 Å². The molecule has 13 heavy (non-hydrogen) atoms. The Bertz CT molecular complexity index is 450. The summed E-state index contributed by atoms with van der Waals surface area (Å²) in [5.74, 6) is 1.74. The van der Waals surface area contributed by atoms with E-state index in [1.165, 1.54) is 0 Å². The number of rotatable bonds is 0. The summed E-state index contributed by atoms with van der Waals surface area (Å²) in [4.78, 5) is 8.13. The third-order valence-corrected chi connectivity index (χ3v) is 2.78. The Hall–Kier alpha value is -1.43. The second-order valence-corrected chi connectivity index (χ2v) is 3.69. The van der Waals surface area contributed by atoms with E-state index in [-0.39, 0.29) is 5.95 Å². The molecule has 0 fully saturated rings. The maximum absolute atomic E-state index is 5.52. The molecule has 0 radical (unpaired) electrons. The highest BCUT2D eigenvalue weighted by Gasteiger charge is 2.24. The molecule has 2 N–H and O–H groups in total. The van der Waals surface area contributed by atoms with E-state index in [1.807, 2.05) is 6.08 Å². The Kier molecular flexibility index (Phi) is 1.24. The van der Waals surface area contributed by atoms with Crippen molar-refractivity contribution in [2.75, 3.05) is 11.5 Å². The van der Waals surface area contributed by atoms with Crippen LogP contribution in [0.2, 0.25) is 0 Å². The van der Waals surface area contributed by atoms with Crippen LogP contribution >= 0.6 is 11.8 Å². The Labute approximate surface area is 78.2 Å².